The highest BCUT2D eigenvalue weighted by Gasteiger charge is 2.29. The molecule has 8 heteroatoms. The normalized spacial score (nSPS) is 11.6. The van der Waals surface area contributed by atoms with Gasteiger partial charge < -0.3 is 10.2 Å². The van der Waals surface area contributed by atoms with Crippen LogP contribution in [0.3, 0.4) is 0 Å². The van der Waals surface area contributed by atoms with Gasteiger partial charge in [-0.3, -0.25) is 0 Å². The maximum absolute atomic E-state index is 11.7. The van der Waals surface area contributed by atoms with Gasteiger partial charge in [0.2, 0.25) is 0 Å². The van der Waals surface area contributed by atoms with Gasteiger partial charge in [0, 0.05) is 32.1 Å². The number of halogens is 4. The number of carbonyl (C=O) groups is 2. The summed E-state index contributed by atoms with van der Waals surface area (Å²) < 4.78 is 0. The van der Waals surface area contributed by atoms with Crippen molar-refractivity contribution in [3.8, 4) is 0 Å². The average molecular weight is 420 g/mol. The molecular weight excluding hydrogens is 410 g/mol. The fourth-order valence-electron chi connectivity index (χ4n) is 2.38. The Bertz CT molecular complexity index is 825. The van der Waals surface area contributed by atoms with Gasteiger partial charge in [-0.05, 0) is 35.4 Å². The van der Waals surface area contributed by atoms with Crippen LogP contribution in [0.25, 0.3) is 0 Å². The Balaban J connectivity index is 2.79. The maximum Gasteiger partial charge on any atom is 0.332 e. The lowest BCUT2D eigenvalue weighted by molar-refractivity contribution is -0.135. The molecule has 2 aromatic rings. The highest BCUT2D eigenvalue weighted by atomic mass is 35.5. The van der Waals surface area contributed by atoms with Crippen molar-refractivity contribution in [3.05, 3.63) is 79.3 Å². The molecule has 130 valence electrons. The van der Waals surface area contributed by atoms with Crippen LogP contribution in [0.2, 0.25) is 20.1 Å². The fourth-order valence-corrected chi connectivity index (χ4v) is 3.41. The van der Waals surface area contributed by atoms with Crippen LogP contribution in [0.4, 0.5) is 0 Å². The summed E-state index contributed by atoms with van der Waals surface area (Å²) in [5, 5.41) is 19.7. The van der Waals surface area contributed by atoms with Crippen LogP contribution in [0, 0.1) is 0 Å². The quantitative estimate of drug-likeness (QED) is 0.625. The molecule has 0 bridgehead atoms. The van der Waals surface area contributed by atoms with Crippen molar-refractivity contribution in [1.82, 2.24) is 0 Å². The van der Waals surface area contributed by atoms with E-state index >= 15 is 0 Å². The summed E-state index contributed by atoms with van der Waals surface area (Å²) in [7, 11) is 0. The molecule has 0 radical (unpaired) electrons. The molecule has 0 aliphatic rings. The highest BCUT2D eigenvalue weighted by Crippen LogP contribution is 2.40. The van der Waals surface area contributed by atoms with E-state index in [1.807, 2.05) is 0 Å². The second-order valence-corrected chi connectivity index (χ2v) is 6.70. The van der Waals surface area contributed by atoms with Crippen molar-refractivity contribution < 1.29 is 19.8 Å². The Labute approximate surface area is 163 Å². The van der Waals surface area contributed by atoms with Crippen molar-refractivity contribution in [2.75, 3.05) is 0 Å². The third-order valence-corrected chi connectivity index (χ3v) is 4.51. The van der Waals surface area contributed by atoms with Crippen LogP contribution < -0.4 is 0 Å². The van der Waals surface area contributed by atoms with Crippen molar-refractivity contribution >= 4 is 58.3 Å². The molecule has 4 nitrogen and oxygen atoms in total. The van der Waals surface area contributed by atoms with E-state index in [0.29, 0.717) is 27.2 Å². The van der Waals surface area contributed by atoms with Crippen molar-refractivity contribution in [2.24, 2.45) is 0 Å². The largest absolute Gasteiger partial charge is 0.478 e. The molecule has 2 rings (SSSR count). The van der Waals surface area contributed by atoms with Gasteiger partial charge in [-0.2, -0.15) is 0 Å². The summed E-state index contributed by atoms with van der Waals surface area (Å²) in [6, 6.07) is 8.99. The third-order valence-electron chi connectivity index (χ3n) is 3.38. The minimum atomic E-state index is -1.41. The topological polar surface area (TPSA) is 74.6 Å². The van der Waals surface area contributed by atoms with Gasteiger partial charge in [0.05, 0.1) is 5.57 Å². The number of carboxylic acid groups (broad SMARTS) is 2. The van der Waals surface area contributed by atoms with Crippen LogP contribution in [-0.2, 0) is 9.59 Å². The van der Waals surface area contributed by atoms with Gasteiger partial charge in [-0.25, -0.2) is 9.59 Å². The zero-order valence-corrected chi connectivity index (χ0v) is 15.4. The molecule has 2 N–H and O–H groups in total. The smallest absolute Gasteiger partial charge is 0.332 e. The zero-order chi connectivity index (χ0) is 18.7. The fraction of sp³-hybridized carbons (Fsp3) is 0.0588. The van der Waals surface area contributed by atoms with Gasteiger partial charge in [0.1, 0.15) is 0 Å². The Morgan fingerprint density at radius 2 is 1.28 bits per heavy atom. The predicted molar refractivity (Wildman–Crippen MR) is 98.1 cm³/mol. The Hall–Kier alpha value is -1.72. The van der Waals surface area contributed by atoms with E-state index in [0.717, 1.165) is 0 Å². The summed E-state index contributed by atoms with van der Waals surface area (Å²) in [6.07, 6.45) is 0.614. The van der Waals surface area contributed by atoms with E-state index in [2.05, 4.69) is 0 Å². The van der Waals surface area contributed by atoms with Crippen LogP contribution in [-0.4, -0.2) is 22.2 Å². The molecule has 0 aromatic heterocycles. The van der Waals surface area contributed by atoms with Gasteiger partial charge in [0.15, 0.2) is 0 Å². The molecule has 0 aliphatic heterocycles. The monoisotopic (exact) mass is 418 g/mol. The first-order valence-electron chi connectivity index (χ1n) is 6.78. The lowest BCUT2D eigenvalue weighted by atomic mass is 9.84. The molecule has 0 saturated heterocycles. The number of hydrogen-bond acceptors (Lipinski definition) is 2. The summed E-state index contributed by atoms with van der Waals surface area (Å²) in [6.45, 7) is 0. The summed E-state index contributed by atoms with van der Waals surface area (Å²) in [4.78, 5) is 22.8. The van der Waals surface area contributed by atoms with E-state index in [-0.39, 0.29) is 10.0 Å². The molecule has 0 spiro atoms. The molecule has 0 amide bonds. The third kappa shape index (κ3) is 4.67. The van der Waals surface area contributed by atoms with Gasteiger partial charge in [-0.1, -0.05) is 58.5 Å². The molecule has 25 heavy (non-hydrogen) atoms. The average Bonchev–Trinajstić information content (AvgIpc) is 2.49. The summed E-state index contributed by atoms with van der Waals surface area (Å²) in [5.41, 5.74) is 0.302. The van der Waals surface area contributed by atoms with Crippen LogP contribution >= 0.6 is 46.4 Å². The number of aliphatic carboxylic acids is 2. The number of hydrogen-bond donors (Lipinski definition) is 2. The first-order chi connectivity index (χ1) is 11.7. The van der Waals surface area contributed by atoms with E-state index in [1.54, 1.807) is 0 Å². The highest BCUT2D eigenvalue weighted by molar-refractivity contribution is 6.36. The minimum absolute atomic E-state index is 0.182. The SMILES string of the molecule is O=C(O)/C=C(\C(=O)O)C(c1ccc(Cl)cc1Cl)c1ccc(Cl)cc1Cl. The zero-order valence-electron chi connectivity index (χ0n) is 12.3. The summed E-state index contributed by atoms with van der Waals surface area (Å²) >= 11 is 24.2. The molecular formula is C17H10Cl4O4. The lowest BCUT2D eigenvalue weighted by Crippen LogP contribution is -2.15. The molecule has 0 atom stereocenters. The minimum Gasteiger partial charge on any atom is -0.478 e. The number of benzene rings is 2. The molecule has 0 saturated carbocycles. The Kier molecular flexibility index (Phi) is 6.36. The van der Waals surface area contributed by atoms with Crippen LogP contribution in [0.5, 0.6) is 0 Å². The second-order valence-electron chi connectivity index (χ2n) is 5.01. The van der Waals surface area contributed by atoms with E-state index < -0.39 is 23.4 Å². The van der Waals surface area contributed by atoms with Crippen molar-refractivity contribution in [2.45, 2.75) is 5.92 Å². The number of carboxylic acids is 2. The summed E-state index contributed by atoms with van der Waals surface area (Å²) in [5.74, 6) is -3.84. The second kappa shape index (κ2) is 8.11. The van der Waals surface area contributed by atoms with Gasteiger partial charge in [0.25, 0.3) is 0 Å². The van der Waals surface area contributed by atoms with E-state index in [1.165, 1.54) is 36.4 Å². The first kappa shape index (κ1) is 19.6. The molecule has 0 aliphatic carbocycles. The number of rotatable bonds is 5. The van der Waals surface area contributed by atoms with E-state index in [9.17, 15) is 14.7 Å². The van der Waals surface area contributed by atoms with Crippen molar-refractivity contribution in [1.29, 1.82) is 0 Å². The first-order valence-corrected chi connectivity index (χ1v) is 8.29. The molecule has 0 heterocycles. The lowest BCUT2D eigenvalue weighted by Gasteiger charge is -2.21. The maximum atomic E-state index is 11.7. The molecule has 0 fully saturated rings. The molecule has 2 aromatic carbocycles. The Morgan fingerprint density at radius 1 is 0.840 bits per heavy atom. The predicted octanol–water partition coefficient (Wildman–Crippen LogP) is 5.53. The Morgan fingerprint density at radius 3 is 1.60 bits per heavy atom. The van der Waals surface area contributed by atoms with Crippen LogP contribution in [0.1, 0.15) is 17.0 Å². The van der Waals surface area contributed by atoms with Gasteiger partial charge >= 0.3 is 11.9 Å². The van der Waals surface area contributed by atoms with Gasteiger partial charge in [-0.15, -0.1) is 0 Å². The van der Waals surface area contributed by atoms with Crippen molar-refractivity contribution in [3.63, 3.8) is 0 Å². The standard InChI is InChI=1S/C17H10Cl4O4/c18-8-1-3-10(13(20)5-8)16(12(17(24)25)7-15(22)23)11-4-2-9(19)6-14(11)21/h1-7,16H,(H,22,23)(H,24,25)/b12-7-. The van der Waals surface area contributed by atoms with Crippen LogP contribution in [0.15, 0.2) is 48.0 Å². The van der Waals surface area contributed by atoms with E-state index in [4.69, 9.17) is 51.5 Å². The molecule has 0 unspecified atom stereocenters.